The van der Waals surface area contributed by atoms with E-state index in [-0.39, 0.29) is 5.82 Å². The van der Waals surface area contributed by atoms with Gasteiger partial charge in [0.2, 0.25) is 0 Å². The molecule has 2 rings (SSSR count). The van der Waals surface area contributed by atoms with Gasteiger partial charge >= 0.3 is 0 Å². The molecule has 0 radical (unpaired) electrons. The first-order chi connectivity index (χ1) is 7.70. The molecule has 0 N–H and O–H groups in total. The molecule has 1 heterocycles. The lowest BCUT2D eigenvalue weighted by Gasteiger charge is -2.04. The van der Waals surface area contributed by atoms with Crippen LogP contribution in [0, 0.1) is 25.1 Å². The smallest absolute Gasteiger partial charge is 0.149 e. The van der Waals surface area contributed by atoms with E-state index in [1.807, 2.05) is 6.92 Å². The standard InChI is InChI=1S/C14H10FN/c1-3-11-5-4-6-12(9-11)14-13(15)8-7-10(2)16-14/h1,4-9H,2H3. The van der Waals surface area contributed by atoms with Crippen molar-refractivity contribution in [1.29, 1.82) is 0 Å². The van der Waals surface area contributed by atoms with Crippen LogP contribution in [0.4, 0.5) is 4.39 Å². The topological polar surface area (TPSA) is 12.9 Å². The lowest BCUT2D eigenvalue weighted by Crippen LogP contribution is -1.92. The summed E-state index contributed by atoms with van der Waals surface area (Å²) in [7, 11) is 0. The molecule has 0 unspecified atom stereocenters. The van der Waals surface area contributed by atoms with Crippen molar-refractivity contribution in [3.8, 4) is 23.6 Å². The van der Waals surface area contributed by atoms with Gasteiger partial charge in [-0.05, 0) is 31.2 Å². The number of hydrogen-bond acceptors (Lipinski definition) is 1. The second-order valence-electron chi connectivity index (χ2n) is 3.51. The number of rotatable bonds is 1. The van der Waals surface area contributed by atoms with Crippen LogP contribution in [0.15, 0.2) is 36.4 Å². The molecule has 0 saturated carbocycles. The third-order valence-electron chi connectivity index (χ3n) is 2.29. The number of terminal acetylenes is 1. The van der Waals surface area contributed by atoms with E-state index >= 15 is 0 Å². The number of pyridine rings is 1. The predicted octanol–water partition coefficient (Wildman–Crippen LogP) is 3.18. The highest BCUT2D eigenvalue weighted by molar-refractivity contribution is 5.62. The molecule has 0 bridgehead atoms. The Morgan fingerprint density at radius 1 is 1.25 bits per heavy atom. The summed E-state index contributed by atoms with van der Waals surface area (Å²) in [6.07, 6.45) is 5.30. The van der Waals surface area contributed by atoms with Gasteiger partial charge in [0.05, 0.1) is 0 Å². The fraction of sp³-hybridized carbons (Fsp3) is 0.0714. The molecule has 0 fully saturated rings. The van der Waals surface area contributed by atoms with Crippen molar-refractivity contribution < 1.29 is 4.39 Å². The maximum absolute atomic E-state index is 13.6. The van der Waals surface area contributed by atoms with Crippen LogP contribution in [0.5, 0.6) is 0 Å². The third kappa shape index (κ3) is 1.94. The van der Waals surface area contributed by atoms with Crippen molar-refractivity contribution in [1.82, 2.24) is 4.98 Å². The van der Waals surface area contributed by atoms with Gasteiger partial charge in [-0.15, -0.1) is 6.42 Å². The van der Waals surface area contributed by atoms with Crippen molar-refractivity contribution in [2.24, 2.45) is 0 Å². The van der Waals surface area contributed by atoms with Crippen LogP contribution in [-0.2, 0) is 0 Å². The lowest BCUT2D eigenvalue weighted by molar-refractivity contribution is 0.624. The van der Waals surface area contributed by atoms with Crippen molar-refractivity contribution in [2.45, 2.75) is 6.92 Å². The van der Waals surface area contributed by atoms with E-state index in [4.69, 9.17) is 6.42 Å². The van der Waals surface area contributed by atoms with Crippen molar-refractivity contribution in [2.75, 3.05) is 0 Å². The van der Waals surface area contributed by atoms with Crippen molar-refractivity contribution in [3.63, 3.8) is 0 Å². The molecule has 0 atom stereocenters. The van der Waals surface area contributed by atoms with E-state index in [2.05, 4.69) is 10.9 Å². The zero-order valence-electron chi connectivity index (χ0n) is 8.87. The van der Waals surface area contributed by atoms with Crippen LogP contribution < -0.4 is 0 Å². The molecular weight excluding hydrogens is 201 g/mol. The minimum absolute atomic E-state index is 0.334. The second kappa shape index (κ2) is 4.16. The molecule has 0 spiro atoms. The number of benzene rings is 1. The van der Waals surface area contributed by atoms with Crippen LogP contribution in [-0.4, -0.2) is 4.98 Å². The van der Waals surface area contributed by atoms with E-state index in [1.165, 1.54) is 6.07 Å². The maximum atomic E-state index is 13.6. The molecule has 0 aliphatic carbocycles. The van der Waals surface area contributed by atoms with E-state index in [9.17, 15) is 4.39 Å². The summed E-state index contributed by atoms with van der Waals surface area (Å²) in [5, 5.41) is 0. The Bertz CT molecular complexity index is 567. The Balaban J connectivity index is 2.58. The number of hydrogen-bond donors (Lipinski definition) is 0. The Morgan fingerprint density at radius 2 is 2.06 bits per heavy atom. The van der Waals surface area contributed by atoms with Crippen LogP contribution in [0.1, 0.15) is 11.3 Å². The zero-order chi connectivity index (χ0) is 11.5. The summed E-state index contributed by atoms with van der Waals surface area (Å²) < 4.78 is 13.6. The van der Waals surface area contributed by atoms with Crippen molar-refractivity contribution >= 4 is 0 Å². The van der Waals surface area contributed by atoms with Gasteiger partial charge < -0.3 is 0 Å². The summed E-state index contributed by atoms with van der Waals surface area (Å²) in [5.41, 5.74) is 2.55. The average Bonchev–Trinajstić information content (AvgIpc) is 2.32. The van der Waals surface area contributed by atoms with Gasteiger partial charge in [-0.3, -0.25) is 4.98 Å². The summed E-state index contributed by atoms with van der Waals surface area (Å²) in [4.78, 5) is 4.17. The van der Waals surface area contributed by atoms with Gasteiger partial charge in [-0.1, -0.05) is 18.1 Å². The molecule has 1 aromatic heterocycles. The molecule has 1 aromatic carbocycles. The largest absolute Gasteiger partial charge is 0.250 e. The zero-order valence-corrected chi connectivity index (χ0v) is 8.87. The van der Waals surface area contributed by atoms with Crippen LogP contribution in [0.25, 0.3) is 11.3 Å². The van der Waals surface area contributed by atoms with Crippen LogP contribution in [0.3, 0.4) is 0 Å². The normalized spacial score (nSPS) is 9.81. The summed E-state index contributed by atoms with van der Waals surface area (Å²) in [5.74, 6) is 2.19. The van der Waals surface area contributed by atoms with Gasteiger partial charge in [0.1, 0.15) is 11.5 Å². The first kappa shape index (κ1) is 10.4. The monoisotopic (exact) mass is 211 g/mol. The average molecular weight is 211 g/mol. The lowest BCUT2D eigenvalue weighted by atomic mass is 10.1. The Kier molecular flexibility index (Phi) is 2.70. The highest BCUT2D eigenvalue weighted by atomic mass is 19.1. The molecule has 16 heavy (non-hydrogen) atoms. The number of aryl methyl sites for hydroxylation is 1. The molecule has 0 aliphatic rings. The molecular formula is C14H10FN. The molecule has 2 heteroatoms. The second-order valence-corrected chi connectivity index (χ2v) is 3.51. The Hall–Kier alpha value is -2.14. The molecule has 2 aromatic rings. The van der Waals surface area contributed by atoms with Crippen molar-refractivity contribution in [3.05, 3.63) is 53.5 Å². The number of halogens is 1. The molecule has 0 aliphatic heterocycles. The maximum Gasteiger partial charge on any atom is 0.149 e. The van der Waals surface area contributed by atoms with E-state index in [0.29, 0.717) is 11.3 Å². The highest BCUT2D eigenvalue weighted by Crippen LogP contribution is 2.21. The quantitative estimate of drug-likeness (QED) is 0.660. The van der Waals surface area contributed by atoms with Crippen LogP contribution in [0.2, 0.25) is 0 Å². The first-order valence-corrected chi connectivity index (χ1v) is 4.91. The molecule has 0 amide bonds. The Morgan fingerprint density at radius 3 is 2.81 bits per heavy atom. The number of nitrogens with zero attached hydrogens (tertiary/aromatic N) is 1. The molecule has 0 saturated heterocycles. The molecule has 1 nitrogen and oxygen atoms in total. The minimum Gasteiger partial charge on any atom is -0.250 e. The number of aromatic nitrogens is 1. The van der Waals surface area contributed by atoms with E-state index in [1.54, 1.807) is 30.3 Å². The van der Waals surface area contributed by atoms with E-state index in [0.717, 1.165) is 11.3 Å². The SMILES string of the molecule is C#Cc1cccc(-c2nc(C)ccc2F)c1. The summed E-state index contributed by atoms with van der Waals surface area (Å²) >= 11 is 0. The highest BCUT2D eigenvalue weighted by Gasteiger charge is 2.06. The molecule has 78 valence electrons. The predicted molar refractivity (Wildman–Crippen MR) is 62.3 cm³/mol. The van der Waals surface area contributed by atoms with Gasteiger partial charge in [0.15, 0.2) is 0 Å². The fourth-order valence-corrected chi connectivity index (χ4v) is 1.50. The van der Waals surface area contributed by atoms with Crippen LogP contribution >= 0.6 is 0 Å². The fourth-order valence-electron chi connectivity index (χ4n) is 1.50. The first-order valence-electron chi connectivity index (χ1n) is 4.91. The summed E-state index contributed by atoms with van der Waals surface area (Å²) in [6, 6.07) is 10.2. The minimum atomic E-state index is -0.334. The van der Waals surface area contributed by atoms with Gasteiger partial charge in [-0.25, -0.2) is 4.39 Å². The van der Waals surface area contributed by atoms with E-state index < -0.39 is 0 Å². The third-order valence-corrected chi connectivity index (χ3v) is 2.29. The van der Waals surface area contributed by atoms with Gasteiger partial charge in [0.25, 0.3) is 0 Å². The Labute approximate surface area is 94.0 Å². The summed E-state index contributed by atoms with van der Waals surface area (Å²) in [6.45, 7) is 1.83. The van der Waals surface area contributed by atoms with Gasteiger partial charge in [-0.2, -0.15) is 0 Å². The van der Waals surface area contributed by atoms with Gasteiger partial charge in [0, 0.05) is 16.8 Å².